The van der Waals surface area contributed by atoms with E-state index in [4.69, 9.17) is 0 Å². The molecule has 0 spiro atoms. The molecule has 2 rings (SSSR count). The molecule has 0 bridgehead atoms. The summed E-state index contributed by atoms with van der Waals surface area (Å²) in [6.07, 6.45) is 3.90. The Morgan fingerprint density at radius 3 is 3.00 bits per heavy atom. The normalized spacial score (nSPS) is 21.1. The molecule has 0 radical (unpaired) electrons. The van der Waals surface area contributed by atoms with Crippen molar-refractivity contribution in [2.75, 3.05) is 18.5 Å². The minimum absolute atomic E-state index is 0.333. The van der Waals surface area contributed by atoms with Crippen LogP contribution in [-0.2, 0) is 6.42 Å². The summed E-state index contributed by atoms with van der Waals surface area (Å²) in [5.41, 5.74) is 0.937. The summed E-state index contributed by atoms with van der Waals surface area (Å²) < 4.78 is 0. The fourth-order valence-electron chi connectivity index (χ4n) is 2.22. The summed E-state index contributed by atoms with van der Waals surface area (Å²) in [6, 6.07) is 0. The first-order chi connectivity index (χ1) is 8.11. The van der Waals surface area contributed by atoms with Gasteiger partial charge in [0.25, 0.3) is 0 Å². The molecule has 0 amide bonds. The lowest BCUT2D eigenvalue weighted by atomic mass is 10.0. The molecule has 96 valence electrons. The first-order valence-electron chi connectivity index (χ1n) is 6.50. The molecule has 0 saturated carbocycles. The van der Waals surface area contributed by atoms with Gasteiger partial charge in [-0.05, 0) is 25.2 Å². The van der Waals surface area contributed by atoms with Gasteiger partial charge in [0.1, 0.15) is 0 Å². The van der Waals surface area contributed by atoms with E-state index >= 15 is 0 Å². The molecule has 17 heavy (non-hydrogen) atoms. The molecule has 0 saturated heterocycles. The van der Waals surface area contributed by atoms with Gasteiger partial charge in [0.05, 0.1) is 11.8 Å². The number of aryl methyl sites for hydroxylation is 1. The van der Waals surface area contributed by atoms with Gasteiger partial charge in [0.2, 0.25) is 0 Å². The lowest BCUT2D eigenvalue weighted by molar-refractivity contribution is 0.153. The van der Waals surface area contributed by atoms with E-state index in [0.717, 1.165) is 36.6 Å². The van der Waals surface area contributed by atoms with Crippen LogP contribution in [0.4, 0.5) is 5.13 Å². The molecule has 0 aromatic carbocycles. The van der Waals surface area contributed by atoms with E-state index < -0.39 is 0 Å². The van der Waals surface area contributed by atoms with Gasteiger partial charge in [-0.3, -0.25) is 0 Å². The van der Waals surface area contributed by atoms with Crippen LogP contribution in [0.2, 0.25) is 0 Å². The number of nitrogens with zero attached hydrogens (tertiary/aromatic N) is 2. The highest BCUT2D eigenvalue weighted by molar-refractivity contribution is 7.15. The van der Waals surface area contributed by atoms with Crippen LogP contribution in [0, 0.1) is 5.92 Å². The summed E-state index contributed by atoms with van der Waals surface area (Å²) in [6.45, 7) is 5.52. The highest BCUT2D eigenvalue weighted by atomic mass is 32.1. The molecular formula is C13H22N2OS. The van der Waals surface area contributed by atoms with Gasteiger partial charge in [-0.25, -0.2) is 4.98 Å². The van der Waals surface area contributed by atoms with Crippen LogP contribution in [0.1, 0.15) is 49.8 Å². The average Bonchev–Trinajstić information content (AvgIpc) is 2.74. The second-order valence-corrected chi connectivity index (χ2v) is 6.17. The van der Waals surface area contributed by atoms with Crippen molar-refractivity contribution in [1.82, 2.24) is 4.98 Å². The van der Waals surface area contributed by atoms with Gasteiger partial charge in [-0.1, -0.05) is 20.3 Å². The Balaban J connectivity index is 2.11. The number of fused-ring (bicyclic) bond motifs is 1. The molecule has 3 nitrogen and oxygen atoms in total. The van der Waals surface area contributed by atoms with Crippen LogP contribution < -0.4 is 4.90 Å². The third-order valence-corrected chi connectivity index (χ3v) is 4.77. The lowest BCUT2D eigenvalue weighted by Gasteiger charge is -2.19. The number of thiazole rings is 1. The summed E-state index contributed by atoms with van der Waals surface area (Å²) in [5.74, 6) is 0.686. The molecule has 2 unspecified atom stereocenters. The molecule has 1 aliphatic rings. The Morgan fingerprint density at radius 1 is 1.59 bits per heavy atom. The Labute approximate surface area is 107 Å². The molecule has 0 fully saturated rings. The highest BCUT2D eigenvalue weighted by Gasteiger charge is 2.24. The van der Waals surface area contributed by atoms with Crippen molar-refractivity contribution in [3.63, 3.8) is 0 Å². The van der Waals surface area contributed by atoms with Crippen molar-refractivity contribution < 1.29 is 5.11 Å². The molecule has 2 atom stereocenters. The molecule has 1 aromatic heterocycles. The predicted octanol–water partition coefficient (Wildman–Crippen LogP) is 3.00. The zero-order chi connectivity index (χ0) is 12.4. The number of rotatable bonds is 4. The van der Waals surface area contributed by atoms with Crippen molar-refractivity contribution in [3.8, 4) is 0 Å². The maximum absolute atomic E-state index is 9.91. The topological polar surface area (TPSA) is 36.4 Å². The molecular weight excluding hydrogens is 232 g/mol. The van der Waals surface area contributed by atoms with Gasteiger partial charge < -0.3 is 10.0 Å². The number of aliphatic hydroxyl groups excluding tert-OH is 1. The molecule has 1 N–H and O–H groups in total. The van der Waals surface area contributed by atoms with Crippen molar-refractivity contribution in [2.45, 2.75) is 45.6 Å². The van der Waals surface area contributed by atoms with E-state index in [9.17, 15) is 5.11 Å². The van der Waals surface area contributed by atoms with Crippen LogP contribution >= 0.6 is 11.3 Å². The fourth-order valence-corrected chi connectivity index (χ4v) is 3.35. The average molecular weight is 254 g/mol. The van der Waals surface area contributed by atoms with Gasteiger partial charge in [-0.15, -0.1) is 11.3 Å². The Hall–Kier alpha value is -0.610. The van der Waals surface area contributed by atoms with E-state index in [0.29, 0.717) is 5.92 Å². The molecule has 1 aromatic rings. The monoisotopic (exact) mass is 254 g/mol. The van der Waals surface area contributed by atoms with Crippen LogP contribution in [0.15, 0.2) is 0 Å². The zero-order valence-electron chi connectivity index (χ0n) is 10.9. The van der Waals surface area contributed by atoms with Crippen molar-refractivity contribution in [2.24, 2.45) is 5.92 Å². The minimum Gasteiger partial charge on any atom is -0.387 e. The smallest absolute Gasteiger partial charge is 0.185 e. The lowest BCUT2D eigenvalue weighted by Crippen LogP contribution is -2.23. The van der Waals surface area contributed by atoms with E-state index in [2.05, 4.69) is 30.8 Å². The summed E-state index contributed by atoms with van der Waals surface area (Å²) >= 11 is 1.75. The SMILES string of the molecule is CCC(C)CN(C)c1nc2c(s1)CCCC2O. The quantitative estimate of drug-likeness (QED) is 0.897. The molecule has 0 aliphatic heterocycles. The summed E-state index contributed by atoms with van der Waals surface area (Å²) in [4.78, 5) is 8.13. The number of hydrogen-bond donors (Lipinski definition) is 1. The standard InChI is InChI=1S/C13H22N2OS/c1-4-9(2)8-15(3)13-14-12-10(16)6-5-7-11(12)17-13/h9-10,16H,4-8H2,1-3H3. The predicted molar refractivity (Wildman–Crippen MR) is 72.7 cm³/mol. The van der Waals surface area contributed by atoms with Gasteiger partial charge >= 0.3 is 0 Å². The number of aliphatic hydroxyl groups is 1. The van der Waals surface area contributed by atoms with Crippen LogP contribution in [-0.4, -0.2) is 23.7 Å². The van der Waals surface area contributed by atoms with Crippen molar-refractivity contribution in [1.29, 1.82) is 0 Å². The molecule has 4 heteroatoms. The van der Waals surface area contributed by atoms with E-state index in [-0.39, 0.29) is 6.10 Å². The summed E-state index contributed by atoms with van der Waals surface area (Å²) in [7, 11) is 2.10. The van der Waals surface area contributed by atoms with Crippen molar-refractivity contribution in [3.05, 3.63) is 10.6 Å². The maximum Gasteiger partial charge on any atom is 0.185 e. The van der Waals surface area contributed by atoms with E-state index in [1.807, 2.05) is 0 Å². The second-order valence-electron chi connectivity index (χ2n) is 5.11. The number of hydrogen-bond acceptors (Lipinski definition) is 4. The molecule has 1 heterocycles. The van der Waals surface area contributed by atoms with Crippen LogP contribution in [0.3, 0.4) is 0 Å². The van der Waals surface area contributed by atoms with Gasteiger partial charge in [0, 0.05) is 18.5 Å². The molecule has 1 aliphatic carbocycles. The maximum atomic E-state index is 9.91. The Morgan fingerprint density at radius 2 is 2.35 bits per heavy atom. The zero-order valence-corrected chi connectivity index (χ0v) is 11.8. The van der Waals surface area contributed by atoms with E-state index in [1.165, 1.54) is 11.3 Å². The Bertz CT molecular complexity index is 377. The summed E-state index contributed by atoms with van der Waals surface area (Å²) in [5, 5.41) is 11.0. The van der Waals surface area contributed by atoms with Crippen LogP contribution in [0.25, 0.3) is 0 Å². The van der Waals surface area contributed by atoms with Gasteiger partial charge in [-0.2, -0.15) is 0 Å². The fraction of sp³-hybridized carbons (Fsp3) is 0.769. The van der Waals surface area contributed by atoms with Crippen molar-refractivity contribution >= 4 is 16.5 Å². The van der Waals surface area contributed by atoms with Gasteiger partial charge in [0.15, 0.2) is 5.13 Å². The highest BCUT2D eigenvalue weighted by Crippen LogP contribution is 2.36. The van der Waals surface area contributed by atoms with E-state index in [1.54, 1.807) is 11.3 Å². The third-order valence-electron chi connectivity index (χ3n) is 3.52. The largest absolute Gasteiger partial charge is 0.387 e. The minimum atomic E-state index is -0.333. The third kappa shape index (κ3) is 2.80. The number of aromatic nitrogens is 1. The number of anilines is 1. The van der Waals surface area contributed by atoms with Crippen LogP contribution in [0.5, 0.6) is 0 Å². The first-order valence-corrected chi connectivity index (χ1v) is 7.32. The Kier molecular flexibility index (Phi) is 4.05. The second kappa shape index (κ2) is 5.36. The first kappa shape index (κ1) is 12.8.